The molecule has 1 saturated heterocycles. The molecule has 98 valence electrons. The van der Waals surface area contributed by atoms with E-state index >= 15 is 0 Å². The van der Waals surface area contributed by atoms with Gasteiger partial charge in [0.05, 0.1) is 17.2 Å². The number of benzene rings is 1. The van der Waals surface area contributed by atoms with Crippen molar-refractivity contribution >= 4 is 34.5 Å². The molecule has 2 N–H and O–H groups in total. The molecule has 2 rings (SSSR count). The maximum atomic E-state index is 6.18. The summed E-state index contributed by atoms with van der Waals surface area (Å²) in [6, 6.07) is 5.78. The number of methoxy groups -OCH3 is 1. The molecule has 0 aliphatic carbocycles. The van der Waals surface area contributed by atoms with Crippen molar-refractivity contribution in [2.45, 2.75) is 6.42 Å². The lowest BCUT2D eigenvalue weighted by molar-refractivity contribution is 0.161. The van der Waals surface area contributed by atoms with Crippen molar-refractivity contribution in [3.8, 4) is 0 Å². The minimum absolute atomic E-state index is 0.353. The van der Waals surface area contributed by atoms with Gasteiger partial charge >= 0.3 is 0 Å². The Bertz CT molecular complexity index is 453. The second kappa shape index (κ2) is 5.87. The minimum atomic E-state index is 0.353. The van der Waals surface area contributed by atoms with Crippen LogP contribution in [-0.2, 0) is 4.74 Å². The average Bonchev–Trinajstić information content (AvgIpc) is 2.77. The van der Waals surface area contributed by atoms with Gasteiger partial charge in [-0.1, -0.05) is 29.9 Å². The molecule has 0 amide bonds. The number of rotatable bonds is 4. The summed E-state index contributed by atoms with van der Waals surface area (Å²) in [5, 5.41) is 0.621. The molecule has 1 aromatic rings. The molecule has 1 atom stereocenters. The summed E-state index contributed by atoms with van der Waals surface area (Å²) in [6.07, 6.45) is 1.12. The van der Waals surface area contributed by atoms with Gasteiger partial charge in [0.1, 0.15) is 4.99 Å². The summed E-state index contributed by atoms with van der Waals surface area (Å²) >= 11 is 11.3. The van der Waals surface area contributed by atoms with Gasteiger partial charge in [-0.05, 0) is 18.6 Å². The molecular formula is C13H17ClN2OS. The number of anilines is 1. The molecule has 0 spiro atoms. The summed E-state index contributed by atoms with van der Waals surface area (Å²) < 4.78 is 5.21. The van der Waals surface area contributed by atoms with E-state index in [4.69, 9.17) is 34.3 Å². The van der Waals surface area contributed by atoms with E-state index in [1.807, 2.05) is 18.2 Å². The van der Waals surface area contributed by atoms with Gasteiger partial charge in [0, 0.05) is 31.8 Å². The summed E-state index contributed by atoms with van der Waals surface area (Å²) in [7, 11) is 1.74. The van der Waals surface area contributed by atoms with Crippen LogP contribution in [0.15, 0.2) is 18.2 Å². The maximum absolute atomic E-state index is 6.18. The van der Waals surface area contributed by atoms with Crippen molar-refractivity contribution in [2.75, 3.05) is 31.7 Å². The molecular weight excluding hydrogens is 268 g/mol. The first-order chi connectivity index (χ1) is 8.63. The van der Waals surface area contributed by atoms with Crippen molar-refractivity contribution < 1.29 is 4.74 Å². The van der Waals surface area contributed by atoms with Crippen LogP contribution in [0.1, 0.15) is 12.0 Å². The number of thiocarbonyl (C=S) groups is 1. The largest absolute Gasteiger partial charge is 0.389 e. The van der Waals surface area contributed by atoms with Crippen molar-refractivity contribution in [3.63, 3.8) is 0 Å². The molecule has 3 nitrogen and oxygen atoms in total. The molecule has 0 bridgehead atoms. The third kappa shape index (κ3) is 2.76. The van der Waals surface area contributed by atoms with Crippen LogP contribution in [0.5, 0.6) is 0 Å². The van der Waals surface area contributed by atoms with Crippen LogP contribution in [0.25, 0.3) is 0 Å². The first-order valence-corrected chi connectivity index (χ1v) is 6.74. The minimum Gasteiger partial charge on any atom is -0.389 e. The van der Waals surface area contributed by atoms with Gasteiger partial charge in [0.2, 0.25) is 0 Å². The van der Waals surface area contributed by atoms with Crippen molar-refractivity contribution in [1.29, 1.82) is 0 Å². The Kier molecular flexibility index (Phi) is 4.43. The summed E-state index contributed by atoms with van der Waals surface area (Å²) in [6.45, 7) is 2.74. The summed E-state index contributed by atoms with van der Waals surface area (Å²) in [5.74, 6) is 0.563. The molecule has 5 heteroatoms. The molecule has 1 aliphatic rings. The number of hydrogen-bond donors (Lipinski definition) is 1. The SMILES string of the molecule is COCC1CCN(c2cccc(Cl)c2C(N)=S)C1. The highest BCUT2D eigenvalue weighted by molar-refractivity contribution is 7.80. The number of hydrogen-bond acceptors (Lipinski definition) is 3. The van der Waals surface area contributed by atoms with Crippen molar-refractivity contribution in [1.82, 2.24) is 0 Å². The third-order valence-corrected chi connectivity index (χ3v) is 3.79. The summed E-state index contributed by atoms with van der Waals surface area (Å²) in [5.41, 5.74) is 7.59. The second-order valence-corrected chi connectivity index (χ2v) is 5.40. The first-order valence-electron chi connectivity index (χ1n) is 5.95. The smallest absolute Gasteiger partial charge is 0.107 e. The van der Waals surface area contributed by atoms with Crippen LogP contribution in [0.2, 0.25) is 5.02 Å². The van der Waals surface area contributed by atoms with Gasteiger partial charge in [0.15, 0.2) is 0 Å². The Hall–Kier alpha value is -0.840. The molecule has 1 heterocycles. The molecule has 0 aromatic heterocycles. The van der Waals surface area contributed by atoms with E-state index in [-0.39, 0.29) is 0 Å². The molecule has 1 aliphatic heterocycles. The summed E-state index contributed by atoms with van der Waals surface area (Å²) in [4.78, 5) is 2.63. The van der Waals surface area contributed by atoms with Crippen LogP contribution in [-0.4, -0.2) is 31.8 Å². The van der Waals surface area contributed by atoms with E-state index in [9.17, 15) is 0 Å². The van der Waals surface area contributed by atoms with Crippen LogP contribution >= 0.6 is 23.8 Å². The topological polar surface area (TPSA) is 38.5 Å². The van der Waals surface area contributed by atoms with Gasteiger partial charge in [0.25, 0.3) is 0 Å². The molecule has 1 aromatic carbocycles. The van der Waals surface area contributed by atoms with E-state index < -0.39 is 0 Å². The number of halogens is 1. The predicted molar refractivity (Wildman–Crippen MR) is 79.5 cm³/mol. The Balaban J connectivity index is 2.24. The van der Waals surface area contributed by atoms with Crippen LogP contribution in [0, 0.1) is 5.92 Å². The van der Waals surface area contributed by atoms with Gasteiger partial charge in [-0.15, -0.1) is 0 Å². The lowest BCUT2D eigenvalue weighted by Gasteiger charge is -2.22. The zero-order valence-electron chi connectivity index (χ0n) is 10.4. The maximum Gasteiger partial charge on any atom is 0.107 e. The lowest BCUT2D eigenvalue weighted by atomic mass is 10.1. The van der Waals surface area contributed by atoms with Gasteiger partial charge < -0.3 is 15.4 Å². The Morgan fingerprint density at radius 1 is 1.61 bits per heavy atom. The van der Waals surface area contributed by atoms with Gasteiger partial charge in [-0.25, -0.2) is 0 Å². The first kappa shape index (κ1) is 13.6. The van der Waals surface area contributed by atoms with Crippen molar-refractivity contribution in [3.05, 3.63) is 28.8 Å². The molecule has 0 saturated carbocycles. The van der Waals surface area contributed by atoms with Crippen LogP contribution in [0.3, 0.4) is 0 Å². The van der Waals surface area contributed by atoms with Crippen molar-refractivity contribution in [2.24, 2.45) is 11.7 Å². The monoisotopic (exact) mass is 284 g/mol. The zero-order chi connectivity index (χ0) is 13.1. The number of nitrogens with zero attached hydrogens (tertiary/aromatic N) is 1. The fourth-order valence-corrected chi connectivity index (χ4v) is 2.99. The molecule has 1 unspecified atom stereocenters. The molecule has 18 heavy (non-hydrogen) atoms. The highest BCUT2D eigenvalue weighted by Gasteiger charge is 2.25. The van der Waals surface area contributed by atoms with E-state index in [1.54, 1.807) is 7.11 Å². The Labute approximate surface area is 118 Å². The van der Waals surface area contributed by atoms with Gasteiger partial charge in [-0.3, -0.25) is 0 Å². The molecule has 0 radical (unpaired) electrons. The highest BCUT2D eigenvalue weighted by Crippen LogP contribution is 2.31. The predicted octanol–water partition coefficient (Wildman–Crippen LogP) is 2.45. The fraction of sp³-hybridized carbons (Fsp3) is 0.462. The molecule has 1 fully saturated rings. The average molecular weight is 285 g/mol. The van der Waals surface area contributed by atoms with E-state index in [0.29, 0.717) is 15.9 Å². The van der Waals surface area contributed by atoms with E-state index in [2.05, 4.69) is 4.90 Å². The lowest BCUT2D eigenvalue weighted by Crippen LogP contribution is -2.24. The third-order valence-electron chi connectivity index (χ3n) is 3.27. The standard InChI is InChI=1S/C13H17ClN2OS/c1-17-8-9-5-6-16(7-9)11-4-2-3-10(14)12(11)13(15)18/h2-4,9H,5-8H2,1H3,(H2,15,18). The van der Waals surface area contributed by atoms with E-state index in [1.165, 1.54) is 0 Å². The highest BCUT2D eigenvalue weighted by atomic mass is 35.5. The fourth-order valence-electron chi connectivity index (χ4n) is 2.44. The second-order valence-electron chi connectivity index (χ2n) is 4.55. The van der Waals surface area contributed by atoms with Gasteiger partial charge in [-0.2, -0.15) is 0 Å². The Morgan fingerprint density at radius 3 is 3.06 bits per heavy atom. The number of ether oxygens (including phenoxy) is 1. The normalized spacial score (nSPS) is 19.2. The van der Waals surface area contributed by atoms with Crippen LogP contribution < -0.4 is 10.6 Å². The van der Waals surface area contributed by atoms with Crippen LogP contribution in [0.4, 0.5) is 5.69 Å². The Morgan fingerprint density at radius 2 is 2.39 bits per heavy atom. The van der Waals surface area contributed by atoms with E-state index in [0.717, 1.165) is 37.4 Å². The zero-order valence-corrected chi connectivity index (χ0v) is 11.9. The quantitative estimate of drug-likeness (QED) is 0.862. The number of nitrogens with two attached hydrogens (primary N) is 1.